The lowest BCUT2D eigenvalue weighted by Crippen LogP contribution is -1.86. The normalized spacial score (nSPS) is 9.89. The second-order valence-corrected chi connectivity index (χ2v) is 17.5. The Labute approximate surface area is 448 Å². The monoisotopic (exact) mass is 979 g/mol. The van der Waals surface area contributed by atoms with Crippen LogP contribution in [0.3, 0.4) is 0 Å². The number of benzene rings is 12. The molecule has 0 heterocycles. The number of rotatable bonds is 0. The van der Waals surface area contributed by atoms with Crippen molar-refractivity contribution < 1.29 is 0 Å². The Hall–Kier alpha value is -7.02. The molecule has 0 N–H and O–H groups in total. The maximum Gasteiger partial charge on any atom is -0.00266 e. The predicted octanol–water partition coefficient (Wildman–Crippen LogP) is 24.0. The Morgan fingerprint density at radius 1 is 0.176 bits per heavy atom. The van der Waals surface area contributed by atoms with Crippen molar-refractivity contribution in [3.8, 4) is 0 Å². The van der Waals surface area contributed by atoms with Crippen LogP contribution in [0.2, 0.25) is 0 Å². The van der Waals surface area contributed by atoms with Crippen LogP contribution in [0.1, 0.15) is 128 Å². The van der Waals surface area contributed by atoms with Crippen molar-refractivity contribution >= 4 is 86.2 Å². The van der Waals surface area contributed by atoms with Crippen LogP contribution in [0.5, 0.6) is 0 Å². The van der Waals surface area contributed by atoms with Gasteiger partial charge in [0, 0.05) is 0 Å². The van der Waals surface area contributed by atoms with Crippen LogP contribution in [0.15, 0.2) is 182 Å². The highest BCUT2D eigenvalue weighted by molar-refractivity contribution is 6.23. The molecule has 0 aliphatic heterocycles. The predicted molar refractivity (Wildman–Crippen MR) is 343 cm³/mol. The van der Waals surface area contributed by atoms with Crippen molar-refractivity contribution in [3.63, 3.8) is 0 Å². The molecule has 0 fully saturated rings. The van der Waals surface area contributed by atoms with Crippen molar-refractivity contribution in [3.05, 3.63) is 226 Å². The summed E-state index contributed by atoms with van der Waals surface area (Å²) in [5, 5.41) is 21.8. The smallest absolute Gasteiger partial charge is 0.00266 e. The average Bonchev–Trinajstić information content (AvgIpc) is 3.44. The summed E-state index contributed by atoms with van der Waals surface area (Å²) in [5.41, 5.74) is 10.7. The van der Waals surface area contributed by atoms with Gasteiger partial charge in [0.2, 0.25) is 0 Å². The number of hydrogen-bond acceptors (Lipinski definition) is 0. The van der Waals surface area contributed by atoms with Crippen LogP contribution in [0.25, 0.3) is 86.2 Å². The SMILES string of the molecule is CC.CC.CC.CC.CC.CC.Cc1cc2c3ccccc3c(C)cc2c2ccccc12.Cc1cc2ccc3cc(C)cc4ccc(c1)c2c34.Cc1ccc2c(C)cccc2c1.Cc1ccc2ccc(C)cc2c1. The van der Waals surface area contributed by atoms with E-state index in [0.717, 1.165) is 0 Å². The highest BCUT2D eigenvalue weighted by Crippen LogP contribution is 2.37. The third kappa shape index (κ3) is 14.8. The van der Waals surface area contributed by atoms with Gasteiger partial charge in [-0.15, -0.1) is 0 Å². The van der Waals surface area contributed by atoms with Crippen LogP contribution in [0, 0.1) is 55.4 Å². The molecule has 0 aliphatic rings. The zero-order valence-electron chi connectivity index (χ0n) is 49.3. The average molecular weight is 980 g/mol. The second kappa shape index (κ2) is 30.9. The van der Waals surface area contributed by atoms with Crippen molar-refractivity contribution in [1.82, 2.24) is 0 Å². The van der Waals surface area contributed by atoms with Gasteiger partial charge in [-0.25, -0.2) is 0 Å². The Morgan fingerprint density at radius 2 is 0.486 bits per heavy atom. The molecular weight excluding hydrogens is 889 g/mol. The third-order valence-electron chi connectivity index (χ3n) is 12.5. The Kier molecular flexibility index (Phi) is 25.6. The van der Waals surface area contributed by atoms with E-state index >= 15 is 0 Å². The van der Waals surface area contributed by atoms with E-state index < -0.39 is 0 Å². The first kappa shape index (κ1) is 61.3. The van der Waals surface area contributed by atoms with Crippen LogP contribution in [0.4, 0.5) is 0 Å². The van der Waals surface area contributed by atoms with E-state index in [4.69, 9.17) is 0 Å². The molecular formula is C74H90. The number of hydrogen-bond donors (Lipinski definition) is 0. The lowest BCUT2D eigenvalue weighted by Gasteiger charge is -2.12. The van der Waals surface area contributed by atoms with E-state index in [1.54, 1.807) is 0 Å². The van der Waals surface area contributed by atoms with Gasteiger partial charge in [-0.05, 0) is 169 Å². The van der Waals surface area contributed by atoms with Crippen molar-refractivity contribution in [1.29, 1.82) is 0 Å². The molecule has 0 amide bonds. The highest BCUT2D eigenvalue weighted by atomic mass is 14.1. The van der Waals surface area contributed by atoms with E-state index in [2.05, 4.69) is 237 Å². The minimum absolute atomic E-state index is 1.33. The summed E-state index contributed by atoms with van der Waals surface area (Å²) in [6, 6.07) is 66.3. The summed E-state index contributed by atoms with van der Waals surface area (Å²) in [6.45, 7) is 41.3. The largest absolute Gasteiger partial charge is 0.0683 e. The standard InChI is InChI=1S/C20H16.C18H14.2C12H12.6C2H6/c1-13-11-19-18-10-6-4-8-16(18)14(2)12-20(19)17-9-5-3-7-15(13)17;1-11-7-13-3-5-15-9-12(2)10-16-6-4-14(8-11)17(13)18(15)16;1-9-3-5-11-6-4-10(2)8-12(11)7-9;1-9-6-7-12-10(2)4-3-5-11(12)8-9;6*1-2/h3-12H,1-2H3;3-10H,1-2H3;2*3-8H,1-2H3;6*1-2H3. The van der Waals surface area contributed by atoms with Crippen molar-refractivity contribution in [2.24, 2.45) is 0 Å². The van der Waals surface area contributed by atoms with E-state index in [1.165, 1.54) is 131 Å². The summed E-state index contributed by atoms with van der Waals surface area (Å²) >= 11 is 0. The Balaban J connectivity index is 0.000000248. The molecule has 0 aliphatic carbocycles. The molecule has 0 aromatic heterocycles. The molecule has 12 aromatic rings. The lowest BCUT2D eigenvalue weighted by molar-refractivity contribution is 1.47. The molecule has 0 radical (unpaired) electrons. The quantitative estimate of drug-likeness (QED) is 0.133. The number of fused-ring (bicyclic) bond motifs is 7. The van der Waals surface area contributed by atoms with Gasteiger partial charge < -0.3 is 0 Å². The van der Waals surface area contributed by atoms with Gasteiger partial charge in [-0.1, -0.05) is 282 Å². The first-order valence-electron chi connectivity index (χ1n) is 27.9. The summed E-state index contributed by atoms with van der Waals surface area (Å²) in [7, 11) is 0. The van der Waals surface area contributed by atoms with E-state index in [1.807, 2.05) is 83.1 Å². The Morgan fingerprint density at radius 3 is 0.865 bits per heavy atom. The summed E-state index contributed by atoms with van der Waals surface area (Å²) < 4.78 is 0. The molecule has 0 spiro atoms. The maximum absolute atomic E-state index is 2.33. The highest BCUT2D eigenvalue weighted by Gasteiger charge is 2.10. The third-order valence-corrected chi connectivity index (χ3v) is 12.5. The van der Waals surface area contributed by atoms with Gasteiger partial charge >= 0.3 is 0 Å². The molecule has 0 saturated heterocycles. The van der Waals surface area contributed by atoms with Crippen LogP contribution in [-0.4, -0.2) is 0 Å². The second-order valence-electron chi connectivity index (χ2n) is 17.5. The van der Waals surface area contributed by atoms with E-state index in [0.29, 0.717) is 0 Å². The molecule has 0 bridgehead atoms. The molecule has 74 heavy (non-hydrogen) atoms. The van der Waals surface area contributed by atoms with Crippen molar-refractivity contribution in [2.45, 2.75) is 138 Å². The maximum atomic E-state index is 2.33. The topological polar surface area (TPSA) is 0 Å². The van der Waals surface area contributed by atoms with Gasteiger partial charge in [0.25, 0.3) is 0 Å². The van der Waals surface area contributed by atoms with Gasteiger partial charge in [-0.2, -0.15) is 0 Å². The first-order valence-corrected chi connectivity index (χ1v) is 27.9. The van der Waals surface area contributed by atoms with Gasteiger partial charge in [0.15, 0.2) is 0 Å². The molecule has 0 heteroatoms. The Bertz CT molecular complexity index is 3330. The van der Waals surface area contributed by atoms with Crippen molar-refractivity contribution in [2.75, 3.05) is 0 Å². The molecule has 386 valence electrons. The number of aryl methyl sites for hydroxylation is 8. The summed E-state index contributed by atoms with van der Waals surface area (Å²) in [4.78, 5) is 0. The van der Waals surface area contributed by atoms with Crippen LogP contribution < -0.4 is 0 Å². The fourth-order valence-electron chi connectivity index (χ4n) is 9.51. The molecule has 0 nitrogen and oxygen atoms in total. The van der Waals surface area contributed by atoms with E-state index in [9.17, 15) is 0 Å². The zero-order valence-corrected chi connectivity index (χ0v) is 49.3. The molecule has 12 aromatic carbocycles. The minimum atomic E-state index is 1.33. The fourth-order valence-corrected chi connectivity index (χ4v) is 9.51. The molecule has 12 rings (SSSR count). The van der Waals surface area contributed by atoms with Crippen LogP contribution >= 0.6 is 0 Å². The first-order chi connectivity index (χ1) is 36.0. The van der Waals surface area contributed by atoms with E-state index in [-0.39, 0.29) is 0 Å². The molecule has 0 unspecified atom stereocenters. The van der Waals surface area contributed by atoms with Gasteiger partial charge in [0.05, 0.1) is 0 Å². The molecule has 0 saturated carbocycles. The summed E-state index contributed by atoms with van der Waals surface area (Å²) in [5.74, 6) is 0. The van der Waals surface area contributed by atoms with Gasteiger partial charge in [-0.3, -0.25) is 0 Å². The van der Waals surface area contributed by atoms with Gasteiger partial charge in [0.1, 0.15) is 0 Å². The fraction of sp³-hybridized carbons (Fsp3) is 0.270. The summed E-state index contributed by atoms with van der Waals surface area (Å²) in [6.07, 6.45) is 0. The zero-order chi connectivity index (χ0) is 55.1. The lowest BCUT2D eigenvalue weighted by atomic mass is 9.92. The minimum Gasteiger partial charge on any atom is -0.0683 e. The molecule has 0 atom stereocenters. The van der Waals surface area contributed by atoms with Crippen LogP contribution in [-0.2, 0) is 0 Å².